The molecular weight excluding hydrogens is 400 g/mol. The van der Waals surface area contributed by atoms with Crippen molar-refractivity contribution in [2.75, 3.05) is 16.6 Å². The van der Waals surface area contributed by atoms with Crippen LogP contribution in [0.15, 0.2) is 46.3 Å². The SMILES string of the molecule is CCN(c1ccc(C(=O)NCc2nc(-c3cccs3)no2)cc1)S(=O)(=O)CC. The van der Waals surface area contributed by atoms with E-state index in [9.17, 15) is 13.2 Å². The fourth-order valence-corrected chi connectivity index (χ4v) is 4.36. The average Bonchev–Trinajstić information content (AvgIpc) is 3.38. The fourth-order valence-electron chi connectivity index (χ4n) is 2.57. The molecule has 0 aliphatic carbocycles. The molecule has 3 rings (SSSR count). The second-order valence-corrected chi connectivity index (χ2v) is 8.91. The number of benzene rings is 1. The lowest BCUT2D eigenvalue weighted by molar-refractivity contribution is 0.0946. The lowest BCUT2D eigenvalue weighted by Gasteiger charge is -2.22. The Hall–Kier alpha value is -2.72. The Labute approximate surface area is 167 Å². The van der Waals surface area contributed by atoms with E-state index in [1.165, 1.54) is 15.6 Å². The van der Waals surface area contributed by atoms with Crippen LogP contribution in [-0.4, -0.2) is 36.8 Å². The van der Waals surface area contributed by atoms with Crippen LogP contribution in [-0.2, 0) is 16.6 Å². The zero-order valence-corrected chi connectivity index (χ0v) is 17.1. The third kappa shape index (κ3) is 4.39. The highest BCUT2D eigenvalue weighted by atomic mass is 32.2. The van der Waals surface area contributed by atoms with Crippen LogP contribution >= 0.6 is 11.3 Å². The predicted molar refractivity (Wildman–Crippen MR) is 108 cm³/mol. The minimum Gasteiger partial charge on any atom is -0.343 e. The summed E-state index contributed by atoms with van der Waals surface area (Å²) in [6.45, 7) is 3.79. The van der Waals surface area contributed by atoms with Gasteiger partial charge in [-0.3, -0.25) is 9.10 Å². The molecule has 2 aromatic heterocycles. The van der Waals surface area contributed by atoms with Gasteiger partial charge in [0.15, 0.2) is 0 Å². The molecule has 0 fully saturated rings. The molecule has 1 amide bonds. The summed E-state index contributed by atoms with van der Waals surface area (Å²) in [5.74, 6) is 0.490. The van der Waals surface area contributed by atoms with Crippen molar-refractivity contribution in [1.82, 2.24) is 15.5 Å². The van der Waals surface area contributed by atoms with Gasteiger partial charge in [-0.1, -0.05) is 11.2 Å². The summed E-state index contributed by atoms with van der Waals surface area (Å²) in [4.78, 5) is 17.5. The number of hydrogen-bond donors (Lipinski definition) is 1. The summed E-state index contributed by atoms with van der Waals surface area (Å²) in [7, 11) is -3.35. The molecule has 0 aliphatic heterocycles. The molecule has 1 N–H and O–H groups in total. The molecule has 10 heteroatoms. The topological polar surface area (TPSA) is 105 Å². The number of aromatic nitrogens is 2. The first-order valence-corrected chi connectivity index (χ1v) is 11.2. The van der Waals surface area contributed by atoms with Crippen LogP contribution in [0.2, 0.25) is 0 Å². The van der Waals surface area contributed by atoms with Crippen LogP contribution in [0.4, 0.5) is 5.69 Å². The van der Waals surface area contributed by atoms with E-state index in [2.05, 4.69) is 15.5 Å². The number of hydrogen-bond acceptors (Lipinski definition) is 7. The molecule has 0 atom stereocenters. The molecule has 0 aliphatic rings. The molecule has 0 bridgehead atoms. The second-order valence-electron chi connectivity index (χ2n) is 5.78. The van der Waals surface area contributed by atoms with E-state index < -0.39 is 10.0 Å². The fraction of sp³-hybridized carbons (Fsp3) is 0.278. The first-order valence-electron chi connectivity index (χ1n) is 8.69. The summed E-state index contributed by atoms with van der Waals surface area (Å²) in [5.41, 5.74) is 0.935. The zero-order chi connectivity index (χ0) is 20.1. The van der Waals surface area contributed by atoms with Gasteiger partial charge in [0.25, 0.3) is 5.91 Å². The molecule has 8 nitrogen and oxygen atoms in total. The maximum Gasteiger partial charge on any atom is 0.251 e. The Morgan fingerprint density at radius 2 is 1.96 bits per heavy atom. The molecular formula is C18H20N4O4S2. The molecule has 3 aromatic rings. The van der Waals surface area contributed by atoms with Gasteiger partial charge in [0.05, 0.1) is 22.9 Å². The minimum atomic E-state index is -3.35. The Kier molecular flexibility index (Phi) is 6.10. The van der Waals surface area contributed by atoms with E-state index in [1.807, 2.05) is 17.5 Å². The van der Waals surface area contributed by atoms with Crippen molar-refractivity contribution in [2.24, 2.45) is 0 Å². The van der Waals surface area contributed by atoms with Crippen LogP contribution in [0.3, 0.4) is 0 Å². The van der Waals surface area contributed by atoms with E-state index in [4.69, 9.17) is 4.52 Å². The van der Waals surface area contributed by atoms with Crippen molar-refractivity contribution in [3.8, 4) is 10.7 Å². The molecule has 0 radical (unpaired) electrons. The first-order chi connectivity index (χ1) is 13.4. The van der Waals surface area contributed by atoms with Crippen LogP contribution < -0.4 is 9.62 Å². The Balaban J connectivity index is 1.63. The molecule has 0 saturated carbocycles. The van der Waals surface area contributed by atoms with Crippen LogP contribution in [0.25, 0.3) is 10.7 Å². The maximum atomic E-state index is 12.3. The van der Waals surface area contributed by atoms with Gasteiger partial charge in [-0.2, -0.15) is 4.98 Å². The Morgan fingerprint density at radius 3 is 2.57 bits per heavy atom. The number of amides is 1. The lowest BCUT2D eigenvalue weighted by Crippen LogP contribution is -2.32. The van der Waals surface area contributed by atoms with Crippen molar-refractivity contribution in [3.05, 3.63) is 53.2 Å². The standard InChI is InChI=1S/C18H20N4O4S2/c1-3-22(28(24,25)4-2)14-9-7-13(8-10-14)18(23)19-12-16-20-17(21-26-16)15-6-5-11-27-15/h5-11H,3-4,12H2,1-2H3,(H,19,23). The van der Waals surface area contributed by atoms with Crippen LogP contribution in [0.1, 0.15) is 30.1 Å². The molecule has 0 unspecified atom stereocenters. The highest BCUT2D eigenvalue weighted by molar-refractivity contribution is 7.92. The summed E-state index contributed by atoms with van der Waals surface area (Å²) in [6, 6.07) is 10.2. The number of thiophene rings is 1. The van der Waals surface area contributed by atoms with E-state index >= 15 is 0 Å². The number of anilines is 1. The number of sulfonamides is 1. The molecule has 0 spiro atoms. The van der Waals surface area contributed by atoms with E-state index in [-0.39, 0.29) is 18.2 Å². The third-order valence-corrected chi connectivity index (χ3v) is 6.75. The number of carbonyl (C=O) groups is 1. The van der Waals surface area contributed by atoms with Crippen molar-refractivity contribution in [3.63, 3.8) is 0 Å². The van der Waals surface area contributed by atoms with Gasteiger partial charge in [-0.25, -0.2) is 8.42 Å². The normalized spacial score (nSPS) is 11.4. The maximum absolute atomic E-state index is 12.3. The minimum absolute atomic E-state index is 0.0146. The largest absolute Gasteiger partial charge is 0.343 e. The van der Waals surface area contributed by atoms with E-state index in [0.29, 0.717) is 29.5 Å². The monoisotopic (exact) mass is 420 g/mol. The number of nitrogens with zero attached hydrogens (tertiary/aromatic N) is 3. The predicted octanol–water partition coefficient (Wildman–Crippen LogP) is 2.90. The Bertz CT molecular complexity index is 1030. The average molecular weight is 421 g/mol. The van der Waals surface area contributed by atoms with Crippen molar-refractivity contribution < 1.29 is 17.7 Å². The van der Waals surface area contributed by atoms with Gasteiger partial charge in [0.2, 0.25) is 21.7 Å². The van der Waals surface area contributed by atoms with Gasteiger partial charge in [-0.15, -0.1) is 11.3 Å². The summed E-state index contributed by atoms with van der Waals surface area (Å²) < 4.78 is 30.7. The molecule has 2 heterocycles. The van der Waals surface area contributed by atoms with Gasteiger partial charge < -0.3 is 9.84 Å². The second kappa shape index (κ2) is 8.53. The highest BCUT2D eigenvalue weighted by Gasteiger charge is 2.19. The number of rotatable bonds is 8. The molecule has 148 valence electrons. The van der Waals surface area contributed by atoms with E-state index in [0.717, 1.165) is 4.88 Å². The molecule has 1 aromatic carbocycles. The quantitative estimate of drug-likeness (QED) is 0.601. The van der Waals surface area contributed by atoms with E-state index in [1.54, 1.807) is 38.1 Å². The lowest BCUT2D eigenvalue weighted by atomic mass is 10.2. The molecule has 28 heavy (non-hydrogen) atoms. The van der Waals surface area contributed by atoms with Gasteiger partial charge in [-0.05, 0) is 49.6 Å². The molecule has 0 saturated heterocycles. The zero-order valence-electron chi connectivity index (χ0n) is 15.5. The first kappa shape index (κ1) is 20.0. The highest BCUT2D eigenvalue weighted by Crippen LogP contribution is 2.21. The smallest absolute Gasteiger partial charge is 0.251 e. The summed E-state index contributed by atoms with van der Waals surface area (Å²) in [6.07, 6.45) is 0. The summed E-state index contributed by atoms with van der Waals surface area (Å²) in [5, 5.41) is 8.52. The van der Waals surface area contributed by atoms with Crippen molar-refractivity contribution in [2.45, 2.75) is 20.4 Å². The number of nitrogens with one attached hydrogen (secondary N) is 1. The third-order valence-electron chi connectivity index (χ3n) is 4.02. The van der Waals surface area contributed by atoms with Crippen molar-refractivity contribution in [1.29, 1.82) is 0 Å². The number of carbonyl (C=O) groups excluding carboxylic acids is 1. The van der Waals surface area contributed by atoms with Crippen LogP contribution in [0.5, 0.6) is 0 Å². The van der Waals surface area contributed by atoms with Gasteiger partial charge >= 0.3 is 0 Å². The van der Waals surface area contributed by atoms with Gasteiger partial charge in [0.1, 0.15) is 0 Å². The summed E-state index contributed by atoms with van der Waals surface area (Å²) >= 11 is 1.50. The van der Waals surface area contributed by atoms with Crippen LogP contribution in [0, 0.1) is 0 Å². The van der Waals surface area contributed by atoms with Gasteiger partial charge in [0, 0.05) is 12.1 Å². The Morgan fingerprint density at radius 1 is 1.21 bits per heavy atom. The van der Waals surface area contributed by atoms with Crippen molar-refractivity contribution >= 4 is 33.0 Å².